The van der Waals surface area contributed by atoms with Crippen LogP contribution in [0.25, 0.3) is 0 Å². The fourth-order valence-electron chi connectivity index (χ4n) is 0.939. The summed E-state index contributed by atoms with van der Waals surface area (Å²) >= 11 is 0. The van der Waals surface area contributed by atoms with E-state index >= 15 is 0 Å². The molecule has 0 aliphatic carbocycles. The monoisotopic (exact) mass is 195 g/mol. The smallest absolute Gasteiger partial charge is 0.359 e. The number of anilines is 2. The van der Waals surface area contributed by atoms with Crippen LogP contribution < -0.4 is 11.5 Å². The largest absolute Gasteiger partial charge is 0.458 e. The Balaban J connectivity index is 2.90. The van der Waals surface area contributed by atoms with Crippen LogP contribution in [0.5, 0.6) is 0 Å². The van der Waals surface area contributed by atoms with Crippen molar-refractivity contribution in [3.8, 4) is 0 Å². The van der Waals surface area contributed by atoms with E-state index in [2.05, 4.69) is 4.98 Å². The first-order valence-electron chi connectivity index (χ1n) is 4.22. The minimum Gasteiger partial charge on any atom is -0.458 e. The molecule has 5 heteroatoms. The van der Waals surface area contributed by atoms with Crippen LogP contribution in [0.15, 0.2) is 12.3 Å². The number of nitrogen functional groups attached to an aromatic ring is 2. The fraction of sp³-hybridized carbons (Fsp3) is 0.333. The van der Waals surface area contributed by atoms with E-state index in [0.717, 1.165) is 0 Å². The molecule has 0 saturated carbocycles. The third kappa shape index (κ3) is 2.35. The Morgan fingerprint density at radius 1 is 1.50 bits per heavy atom. The molecule has 0 aromatic carbocycles. The first-order valence-corrected chi connectivity index (χ1v) is 4.22. The van der Waals surface area contributed by atoms with E-state index < -0.39 is 5.97 Å². The lowest BCUT2D eigenvalue weighted by molar-refractivity contribution is 0.0372. The van der Waals surface area contributed by atoms with Crippen molar-refractivity contribution in [2.45, 2.75) is 20.0 Å². The van der Waals surface area contributed by atoms with Crippen molar-refractivity contribution in [2.75, 3.05) is 11.5 Å². The Morgan fingerprint density at radius 2 is 2.14 bits per heavy atom. The van der Waals surface area contributed by atoms with Gasteiger partial charge in [-0.3, -0.25) is 0 Å². The maximum absolute atomic E-state index is 11.4. The molecule has 76 valence electrons. The van der Waals surface area contributed by atoms with E-state index in [1.54, 1.807) is 13.8 Å². The number of nitrogens with two attached hydrogens (primary N) is 2. The molecule has 0 amide bonds. The van der Waals surface area contributed by atoms with E-state index in [9.17, 15) is 4.79 Å². The molecule has 4 N–H and O–H groups in total. The highest BCUT2D eigenvalue weighted by molar-refractivity contribution is 5.93. The summed E-state index contributed by atoms with van der Waals surface area (Å²) in [6.45, 7) is 3.51. The normalized spacial score (nSPS) is 10.2. The topological polar surface area (TPSA) is 91.2 Å². The van der Waals surface area contributed by atoms with Gasteiger partial charge in [0.2, 0.25) is 0 Å². The third-order valence-electron chi connectivity index (χ3n) is 1.47. The van der Waals surface area contributed by atoms with Gasteiger partial charge in [0.15, 0.2) is 5.69 Å². The Morgan fingerprint density at radius 3 is 2.64 bits per heavy atom. The summed E-state index contributed by atoms with van der Waals surface area (Å²) in [6.07, 6.45) is 1.18. The molecule has 1 rings (SSSR count). The maximum atomic E-state index is 11.4. The number of pyridine rings is 1. The number of rotatable bonds is 2. The number of carbonyl (C=O) groups is 1. The number of ether oxygens (including phenoxy) is 1. The predicted molar refractivity (Wildman–Crippen MR) is 53.6 cm³/mol. The van der Waals surface area contributed by atoms with Crippen LogP contribution in [0.4, 0.5) is 11.4 Å². The second kappa shape index (κ2) is 3.95. The van der Waals surface area contributed by atoms with Gasteiger partial charge in [0.1, 0.15) is 0 Å². The van der Waals surface area contributed by atoms with Crippen molar-refractivity contribution in [3.63, 3.8) is 0 Å². The molecule has 0 atom stereocenters. The minimum atomic E-state index is -0.530. The molecule has 5 nitrogen and oxygen atoms in total. The lowest BCUT2D eigenvalue weighted by Crippen LogP contribution is -2.15. The number of hydrogen-bond donors (Lipinski definition) is 2. The average Bonchev–Trinajstić information content (AvgIpc) is 2.01. The van der Waals surface area contributed by atoms with Gasteiger partial charge in [-0.15, -0.1) is 0 Å². The van der Waals surface area contributed by atoms with Gasteiger partial charge in [-0.2, -0.15) is 0 Å². The molecule has 1 aromatic rings. The molecule has 0 radical (unpaired) electrons. The van der Waals surface area contributed by atoms with Crippen molar-refractivity contribution in [1.29, 1.82) is 0 Å². The average molecular weight is 195 g/mol. The van der Waals surface area contributed by atoms with E-state index in [0.29, 0.717) is 5.69 Å². The van der Waals surface area contributed by atoms with Gasteiger partial charge in [-0.25, -0.2) is 9.78 Å². The molecule has 1 aromatic heterocycles. The first-order chi connectivity index (χ1) is 6.50. The molecule has 0 bridgehead atoms. The second-order valence-corrected chi connectivity index (χ2v) is 3.16. The zero-order chi connectivity index (χ0) is 10.7. The van der Waals surface area contributed by atoms with Crippen LogP contribution in [0, 0.1) is 0 Å². The summed E-state index contributed by atoms with van der Waals surface area (Å²) < 4.78 is 4.93. The summed E-state index contributed by atoms with van der Waals surface area (Å²) in [5.41, 5.74) is 11.7. The first kappa shape index (κ1) is 10.3. The van der Waals surface area contributed by atoms with Crippen LogP contribution in [0.1, 0.15) is 24.3 Å². The molecular formula is C9H13N3O2. The highest BCUT2D eigenvalue weighted by Crippen LogP contribution is 2.13. The van der Waals surface area contributed by atoms with E-state index in [4.69, 9.17) is 16.2 Å². The molecule has 0 saturated heterocycles. The highest BCUT2D eigenvalue weighted by atomic mass is 16.5. The standard InChI is InChI=1S/C9H13N3O2/c1-5(2)14-9(13)8-7(11)3-6(10)4-12-8/h3-5H,10-11H2,1-2H3. The Hall–Kier alpha value is -1.78. The van der Waals surface area contributed by atoms with Crippen molar-refractivity contribution in [1.82, 2.24) is 4.98 Å². The molecule has 14 heavy (non-hydrogen) atoms. The summed E-state index contributed by atoms with van der Waals surface area (Å²) in [5.74, 6) is -0.530. The molecule has 0 spiro atoms. The third-order valence-corrected chi connectivity index (χ3v) is 1.47. The van der Waals surface area contributed by atoms with Gasteiger partial charge in [0.05, 0.1) is 23.7 Å². The van der Waals surface area contributed by atoms with E-state index in [1.807, 2.05) is 0 Å². The van der Waals surface area contributed by atoms with Crippen LogP contribution in [0.3, 0.4) is 0 Å². The zero-order valence-electron chi connectivity index (χ0n) is 8.15. The fourth-order valence-corrected chi connectivity index (χ4v) is 0.939. The number of nitrogens with zero attached hydrogens (tertiary/aromatic N) is 1. The number of esters is 1. The number of hydrogen-bond acceptors (Lipinski definition) is 5. The van der Waals surface area contributed by atoms with Crippen LogP contribution >= 0.6 is 0 Å². The van der Waals surface area contributed by atoms with Crippen LogP contribution in [-0.4, -0.2) is 17.1 Å². The van der Waals surface area contributed by atoms with Crippen LogP contribution in [0.2, 0.25) is 0 Å². The molecule has 0 unspecified atom stereocenters. The Bertz CT molecular complexity index is 350. The van der Waals surface area contributed by atoms with Crippen molar-refractivity contribution in [2.24, 2.45) is 0 Å². The maximum Gasteiger partial charge on any atom is 0.359 e. The lowest BCUT2D eigenvalue weighted by atomic mass is 10.3. The number of aromatic nitrogens is 1. The summed E-state index contributed by atoms with van der Waals surface area (Å²) in [6, 6.07) is 1.48. The predicted octanol–water partition coefficient (Wildman–Crippen LogP) is 0.811. The number of carbonyl (C=O) groups excluding carboxylic acids is 1. The van der Waals surface area contributed by atoms with Gasteiger partial charge in [-0.05, 0) is 19.9 Å². The van der Waals surface area contributed by atoms with Gasteiger partial charge in [-0.1, -0.05) is 0 Å². The van der Waals surface area contributed by atoms with E-state index in [1.165, 1.54) is 12.3 Å². The van der Waals surface area contributed by atoms with Gasteiger partial charge >= 0.3 is 5.97 Å². The van der Waals surface area contributed by atoms with Gasteiger partial charge < -0.3 is 16.2 Å². The van der Waals surface area contributed by atoms with Crippen molar-refractivity contribution in [3.05, 3.63) is 18.0 Å². The summed E-state index contributed by atoms with van der Waals surface area (Å²) in [7, 11) is 0. The Kier molecular flexibility index (Phi) is 2.91. The second-order valence-electron chi connectivity index (χ2n) is 3.16. The van der Waals surface area contributed by atoms with Crippen molar-refractivity contribution >= 4 is 17.3 Å². The molecule has 1 heterocycles. The minimum absolute atomic E-state index is 0.105. The van der Waals surface area contributed by atoms with Gasteiger partial charge in [0, 0.05) is 0 Å². The Labute approximate surface area is 82.1 Å². The van der Waals surface area contributed by atoms with Gasteiger partial charge in [0.25, 0.3) is 0 Å². The van der Waals surface area contributed by atoms with Crippen molar-refractivity contribution < 1.29 is 9.53 Å². The zero-order valence-corrected chi connectivity index (χ0v) is 8.15. The summed E-state index contributed by atoms with van der Waals surface area (Å²) in [5, 5.41) is 0. The van der Waals surface area contributed by atoms with E-state index in [-0.39, 0.29) is 17.5 Å². The molecule has 0 aliphatic rings. The quantitative estimate of drug-likeness (QED) is 0.681. The SMILES string of the molecule is CC(C)OC(=O)c1ncc(N)cc1N. The van der Waals surface area contributed by atoms with Crippen LogP contribution in [-0.2, 0) is 4.74 Å². The molecular weight excluding hydrogens is 182 g/mol. The molecule has 0 aliphatic heterocycles. The lowest BCUT2D eigenvalue weighted by Gasteiger charge is -2.08. The summed E-state index contributed by atoms with van der Waals surface area (Å²) in [4.78, 5) is 15.2. The highest BCUT2D eigenvalue weighted by Gasteiger charge is 2.14. The molecule has 0 fully saturated rings.